The van der Waals surface area contributed by atoms with Gasteiger partial charge in [0.15, 0.2) is 17.2 Å². The zero-order valence-corrected chi connectivity index (χ0v) is 16.2. The van der Waals surface area contributed by atoms with Gasteiger partial charge in [-0.2, -0.15) is 0 Å². The lowest BCUT2D eigenvalue weighted by atomic mass is 10.1. The van der Waals surface area contributed by atoms with Gasteiger partial charge in [0.1, 0.15) is 0 Å². The average molecular weight is 408 g/mol. The van der Waals surface area contributed by atoms with E-state index in [1.54, 1.807) is 30.3 Å². The number of hydrogen-bond acceptors (Lipinski definition) is 6. The van der Waals surface area contributed by atoms with Crippen LogP contribution < -0.4 is 14.2 Å². The van der Waals surface area contributed by atoms with Crippen molar-refractivity contribution in [2.24, 2.45) is 4.99 Å². The molecule has 0 radical (unpaired) electrons. The van der Waals surface area contributed by atoms with Crippen LogP contribution >= 0.6 is 23.2 Å². The van der Waals surface area contributed by atoms with E-state index in [2.05, 4.69) is 4.99 Å². The maximum Gasteiger partial charge on any atom is 0.363 e. The Morgan fingerprint density at radius 2 is 1.74 bits per heavy atom. The van der Waals surface area contributed by atoms with Crippen molar-refractivity contribution in [2.75, 3.05) is 21.3 Å². The van der Waals surface area contributed by atoms with Gasteiger partial charge in [-0.15, -0.1) is 0 Å². The summed E-state index contributed by atoms with van der Waals surface area (Å²) in [5.41, 5.74) is 1.09. The van der Waals surface area contributed by atoms with Crippen LogP contribution in [0.5, 0.6) is 17.2 Å². The number of carbonyl (C=O) groups excluding carboxylic acids is 1. The Kier molecular flexibility index (Phi) is 5.58. The van der Waals surface area contributed by atoms with E-state index < -0.39 is 5.97 Å². The van der Waals surface area contributed by atoms with E-state index in [0.29, 0.717) is 38.4 Å². The van der Waals surface area contributed by atoms with Gasteiger partial charge in [-0.05, 0) is 36.4 Å². The first-order valence-corrected chi connectivity index (χ1v) is 8.51. The minimum atomic E-state index is -0.613. The molecule has 0 unspecified atom stereocenters. The van der Waals surface area contributed by atoms with Gasteiger partial charge in [0.25, 0.3) is 0 Å². The molecule has 0 spiro atoms. The predicted molar refractivity (Wildman–Crippen MR) is 103 cm³/mol. The molecule has 0 N–H and O–H groups in total. The van der Waals surface area contributed by atoms with Crippen molar-refractivity contribution in [1.29, 1.82) is 0 Å². The highest BCUT2D eigenvalue weighted by molar-refractivity contribution is 6.36. The summed E-state index contributed by atoms with van der Waals surface area (Å²) in [6.45, 7) is 0. The summed E-state index contributed by atoms with van der Waals surface area (Å²) in [5, 5.41) is 0.822. The lowest BCUT2D eigenvalue weighted by Gasteiger charge is -2.14. The number of rotatable bonds is 5. The van der Waals surface area contributed by atoms with Crippen LogP contribution in [0.3, 0.4) is 0 Å². The zero-order valence-electron chi connectivity index (χ0n) is 14.7. The molecule has 0 saturated carbocycles. The van der Waals surface area contributed by atoms with E-state index in [1.807, 2.05) is 0 Å². The van der Waals surface area contributed by atoms with Crippen LogP contribution in [0.15, 0.2) is 41.0 Å². The van der Waals surface area contributed by atoms with Crippen LogP contribution in [0, 0.1) is 0 Å². The Morgan fingerprint density at radius 3 is 2.41 bits per heavy atom. The molecule has 8 heteroatoms. The molecule has 0 aliphatic carbocycles. The molecule has 0 fully saturated rings. The average Bonchev–Trinajstić information content (AvgIpc) is 3.03. The number of benzene rings is 2. The number of methoxy groups -OCH3 is 3. The number of ether oxygens (including phenoxy) is 4. The van der Waals surface area contributed by atoms with Crippen LogP contribution in [0.25, 0.3) is 6.08 Å². The molecule has 2 aromatic rings. The Labute approximate surface area is 165 Å². The first-order chi connectivity index (χ1) is 13.0. The van der Waals surface area contributed by atoms with Crippen LogP contribution in [0.2, 0.25) is 10.0 Å². The van der Waals surface area contributed by atoms with Gasteiger partial charge in [0.2, 0.25) is 11.6 Å². The molecule has 3 rings (SSSR count). The van der Waals surface area contributed by atoms with Crippen LogP contribution in [-0.4, -0.2) is 33.2 Å². The number of aliphatic imine (C=N–C) groups is 1. The summed E-state index contributed by atoms with van der Waals surface area (Å²) < 4.78 is 21.3. The Balaban J connectivity index is 2.06. The van der Waals surface area contributed by atoms with Crippen LogP contribution in [0.4, 0.5) is 0 Å². The zero-order chi connectivity index (χ0) is 19.6. The third-order valence-electron chi connectivity index (χ3n) is 3.81. The van der Waals surface area contributed by atoms with Gasteiger partial charge in [0, 0.05) is 10.6 Å². The first kappa shape index (κ1) is 19.1. The number of cyclic esters (lactones) is 1. The fraction of sp³-hybridized carbons (Fsp3) is 0.158. The summed E-state index contributed by atoms with van der Waals surface area (Å²) in [6.07, 6.45) is 1.54. The van der Waals surface area contributed by atoms with Crippen molar-refractivity contribution in [3.05, 3.63) is 57.2 Å². The molecule has 1 heterocycles. The van der Waals surface area contributed by atoms with Gasteiger partial charge in [-0.3, -0.25) is 0 Å². The second-order valence-corrected chi connectivity index (χ2v) is 6.23. The lowest BCUT2D eigenvalue weighted by molar-refractivity contribution is -0.129. The molecule has 0 aromatic heterocycles. The number of halogens is 2. The lowest BCUT2D eigenvalue weighted by Crippen LogP contribution is -2.06. The predicted octanol–water partition coefficient (Wildman–Crippen LogP) is 4.36. The Morgan fingerprint density at radius 1 is 1.00 bits per heavy atom. The fourth-order valence-electron chi connectivity index (χ4n) is 2.57. The van der Waals surface area contributed by atoms with Gasteiger partial charge < -0.3 is 18.9 Å². The first-order valence-electron chi connectivity index (χ1n) is 7.75. The third kappa shape index (κ3) is 3.72. The highest BCUT2D eigenvalue weighted by atomic mass is 35.5. The monoisotopic (exact) mass is 407 g/mol. The molecular formula is C19H15Cl2NO5. The van der Waals surface area contributed by atoms with E-state index in [1.165, 1.54) is 27.4 Å². The molecule has 6 nitrogen and oxygen atoms in total. The van der Waals surface area contributed by atoms with E-state index in [4.69, 9.17) is 42.1 Å². The molecule has 1 aliphatic rings. The van der Waals surface area contributed by atoms with Crippen LogP contribution in [0.1, 0.15) is 11.1 Å². The molecule has 140 valence electrons. The normalized spacial score (nSPS) is 14.8. The number of esters is 1. The minimum absolute atomic E-state index is 0.0817. The molecule has 1 aliphatic heterocycles. The molecule has 0 amide bonds. The van der Waals surface area contributed by atoms with Crippen molar-refractivity contribution in [1.82, 2.24) is 0 Å². The van der Waals surface area contributed by atoms with Crippen LogP contribution in [-0.2, 0) is 9.53 Å². The van der Waals surface area contributed by atoms with Gasteiger partial charge in [0.05, 0.1) is 31.9 Å². The molecule has 27 heavy (non-hydrogen) atoms. The number of carbonyl (C=O) groups is 1. The highest BCUT2D eigenvalue weighted by Gasteiger charge is 2.27. The summed E-state index contributed by atoms with van der Waals surface area (Å²) >= 11 is 12.1. The standard InChI is InChI=1S/C19H15Cl2NO5/c1-24-15-7-4-10(16(25-2)17(15)26-3)8-14-19(23)27-18(22-14)12-9-11(20)5-6-13(12)21/h4-9H,1-3H3. The van der Waals surface area contributed by atoms with Crippen molar-refractivity contribution in [2.45, 2.75) is 0 Å². The smallest absolute Gasteiger partial charge is 0.363 e. The second kappa shape index (κ2) is 7.90. The second-order valence-electron chi connectivity index (χ2n) is 5.38. The Bertz CT molecular complexity index is 969. The number of nitrogens with zero attached hydrogens (tertiary/aromatic N) is 1. The van der Waals surface area contributed by atoms with E-state index in [-0.39, 0.29) is 11.6 Å². The molecular weight excluding hydrogens is 393 g/mol. The molecule has 2 aromatic carbocycles. The summed E-state index contributed by atoms with van der Waals surface area (Å²) in [5.74, 6) is 0.779. The maximum atomic E-state index is 12.3. The quantitative estimate of drug-likeness (QED) is 0.543. The summed E-state index contributed by atoms with van der Waals surface area (Å²) in [6, 6.07) is 8.24. The SMILES string of the molecule is COc1ccc(C=C2N=C(c3cc(Cl)ccc3Cl)OC2=O)c(OC)c1OC. The number of hydrogen-bond donors (Lipinski definition) is 0. The molecule has 0 atom stereocenters. The largest absolute Gasteiger partial charge is 0.493 e. The molecule has 0 bridgehead atoms. The van der Waals surface area contributed by atoms with Crippen molar-refractivity contribution in [3.8, 4) is 17.2 Å². The van der Waals surface area contributed by atoms with Crippen molar-refractivity contribution in [3.63, 3.8) is 0 Å². The van der Waals surface area contributed by atoms with E-state index in [9.17, 15) is 4.79 Å². The van der Waals surface area contributed by atoms with E-state index in [0.717, 1.165) is 0 Å². The minimum Gasteiger partial charge on any atom is -0.493 e. The molecule has 0 saturated heterocycles. The van der Waals surface area contributed by atoms with Crippen molar-refractivity contribution >= 4 is 41.1 Å². The van der Waals surface area contributed by atoms with Gasteiger partial charge >= 0.3 is 5.97 Å². The summed E-state index contributed by atoms with van der Waals surface area (Å²) in [4.78, 5) is 16.5. The highest BCUT2D eigenvalue weighted by Crippen LogP contribution is 2.41. The van der Waals surface area contributed by atoms with Gasteiger partial charge in [-0.25, -0.2) is 9.79 Å². The van der Waals surface area contributed by atoms with Crippen molar-refractivity contribution < 1.29 is 23.7 Å². The topological polar surface area (TPSA) is 66.4 Å². The van der Waals surface area contributed by atoms with Gasteiger partial charge in [-0.1, -0.05) is 23.2 Å². The third-order valence-corrected chi connectivity index (χ3v) is 4.37. The maximum absolute atomic E-state index is 12.3. The fourth-order valence-corrected chi connectivity index (χ4v) is 2.94. The van der Waals surface area contributed by atoms with E-state index >= 15 is 0 Å². The Hall–Kier alpha value is -2.70. The summed E-state index contributed by atoms with van der Waals surface area (Å²) in [7, 11) is 4.51.